The molecule has 0 amide bonds. The van der Waals surface area contributed by atoms with Crippen LogP contribution in [0.15, 0.2) is 24.3 Å². The van der Waals surface area contributed by atoms with E-state index in [1.54, 1.807) is 18.2 Å². The first kappa shape index (κ1) is 13.2. The molecule has 0 atom stereocenters. The molecule has 17 heavy (non-hydrogen) atoms. The highest BCUT2D eigenvalue weighted by atomic mass is 16.5. The van der Waals surface area contributed by atoms with Crippen molar-refractivity contribution < 1.29 is 19.1 Å². The van der Waals surface area contributed by atoms with Gasteiger partial charge in [-0.25, -0.2) is 4.79 Å². The molecule has 1 aromatic carbocycles. The minimum atomic E-state index is -0.621. The van der Waals surface area contributed by atoms with Gasteiger partial charge in [-0.2, -0.15) is 0 Å². The largest absolute Gasteiger partial charge is 0.458 e. The van der Waals surface area contributed by atoms with E-state index in [1.807, 2.05) is 6.92 Å². The molecule has 0 aliphatic carbocycles. The van der Waals surface area contributed by atoms with Crippen LogP contribution in [0.5, 0.6) is 5.75 Å². The lowest BCUT2D eigenvalue weighted by molar-refractivity contribution is -0.134. The second kappa shape index (κ2) is 6.68. The van der Waals surface area contributed by atoms with Gasteiger partial charge in [-0.15, -0.1) is 0 Å². The standard InChI is InChI=1S/C13H15O4/c1-3-4-9-12(14)17-11-8-6-5-7-10(11)13(15)16-2/h5-8H,2-4,9H2,1H3. The van der Waals surface area contributed by atoms with E-state index in [1.165, 1.54) is 6.07 Å². The van der Waals surface area contributed by atoms with E-state index in [0.717, 1.165) is 12.8 Å². The summed E-state index contributed by atoms with van der Waals surface area (Å²) in [4.78, 5) is 22.8. The van der Waals surface area contributed by atoms with E-state index in [4.69, 9.17) is 4.74 Å². The molecule has 0 aliphatic rings. The lowest BCUT2D eigenvalue weighted by Crippen LogP contribution is -2.11. The third-order valence-corrected chi connectivity index (χ3v) is 2.20. The highest BCUT2D eigenvalue weighted by Crippen LogP contribution is 2.19. The van der Waals surface area contributed by atoms with Gasteiger partial charge >= 0.3 is 11.9 Å². The fraction of sp³-hybridized carbons (Fsp3) is 0.308. The van der Waals surface area contributed by atoms with Crippen molar-refractivity contribution in [3.8, 4) is 5.75 Å². The maximum absolute atomic E-state index is 11.4. The highest BCUT2D eigenvalue weighted by Gasteiger charge is 2.14. The van der Waals surface area contributed by atoms with Gasteiger partial charge in [-0.05, 0) is 18.6 Å². The van der Waals surface area contributed by atoms with Crippen LogP contribution in [0.1, 0.15) is 36.5 Å². The van der Waals surface area contributed by atoms with E-state index in [9.17, 15) is 9.59 Å². The average molecular weight is 235 g/mol. The smallest absolute Gasteiger partial charge is 0.342 e. The predicted molar refractivity (Wildman–Crippen MR) is 62.4 cm³/mol. The third kappa shape index (κ3) is 3.90. The average Bonchev–Trinajstić information content (AvgIpc) is 2.36. The summed E-state index contributed by atoms with van der Waals surface area (Å²) in [5, 5.41) is 0. The van der Waals surface area contributed by atoms with Crippen LogP contribution >= 0.6 is 0 Å². The maximum atomic E-state index is 11.4. The van der Waals surface area contributed by atoms with Gasteiger partial charge in [0.05, 0.1) is 0 Å². The van der Waals surface area contributed by atoms with Crippen LogP contribution in [0.3, 0.4) is 0 Å². The topological polar surface area (TPSA) is 52.6 Å². The number of esters is 2. The fourth-order valence-corrected chi connectivity index (χ4v) is 1.30. The summed E-state index contributed by atoms with van der Waals surface area (Å²) in [5.74, 6) is -0.762. The Kier molecular flexibility index (Phi) is 5.20. The summed E-state index contributed by atoms with van der Waals surface area (Å²) in [6.07, 6.45) is 2.02. The molecule has 1 rings (SSSR count). The quantitative estimate of drug-likeness (QED) is 0.581. The van der Waals surface area contributed by atoms with Gasteiger partial charge in [0, 0.05) is 6.42 Å². The first-order valence-corrected chi connectivity index (χ1v) is 5.45. The van der Waals surface area contributed by atoms with Gasteiger partial charge in [0.15, 0.2) is 0 Å². The van der Waals surface area contributed by atoms with Crippen molar-refractivity contribution in [1.29, 1.82) is 0 Å². The zero-order chi connectivity index (χ0) is 12.7. The molecule has 91 valence electrons. The third-order valence-electron chi connectivity index (χ3n) is 2.20. The van der Waals surface area contributed by atoms with Crippen LogP contribution in [0.2, 0.25) is 0 Å². The number of carbonyl (C=O) groups excluding carboxylic acids is 2. The van der Waals surface area contributed by atoms with E-state index in [-0.39, 0.29) is 17.3 Å². The molecule has 4 heteroatoms. The van der Waals surface area contributed by atoms with Crippen molar-refractivity contribution in [2.24, 2.45) is 0 Å². The molecule has 1 aromatic rings. The van der Waals surface area contributed by atoms with Crippen LogP contribution < -0.4 is 4.74 Å². The molecule has 0 bridgehead atoms. The van der Waals surface area contributed by atoms with Crippen LogP contribution in [0.4, 0.5) is 0 Å². The normalized spacial score (nSPS) is 9.76. The summed E-state index contributed by atoms with van der Waals surface area (Å²) in [6, 6.07) is 6.42. The SMILES string of the molecule is [CH2]OC(=O)c1ccccc1OC(=O)CCCC. The molecule has 0 heterocycles. The number of unbranched alkanes of at least 4 members (excludes halogenated alkanes) is 1. The molecule has 0 fully saturated rings. The molecule has 0 aromatic heterocycles. The Hall–Kier alpha value is -1.84. The minimum Gasteiger partial charge on any atom is -0.458 e. The van der Waals surface area contributed by atoms with Crippen molar-refractivity contribution >= 4 is 11.9 Å². The number of carbonyl (C=O) groups is 2. The summed E-state index contributed by atoms with van der Waals surface area (Å²) in [5.41, 5.74) is 0.201. The minimum absolute atomic E-state index is 0.201. The van der Waals surface area contributed by atoms with E-state index in [2.05, 4.69) is 11.8 Å². The van der Waals surface area contributed by atoms with E-state index >= 15 is 0 Å². The van der Waals surface area contributed by atoms with Gasteiger partial charge in [-0.1, -0.05) is 25.5 Å². The van der Waals surface area contributed by atoms with Gasteiger partial charge in [0.2, 0.25) is 0 Å². The van der Waals surface area contributed by atoms with Crippen molar-refractivity contribution in [1.82, 2.24) is 0 Å². The Labute approximate surface area is 101 Å². The summed E-state index contributed by atoms with van der Waals surface area (Å²) < 4.78 is 9.46. The molecule has 0 saturated heterocycles. The Balaban J connectivity index is 2.76. The Morgan fingerprint density at radius 1 is 1.29 bits per heavy atom. The number of hydrogen-bond acceptors (Lipinski definition) is 4. The number of rotatable bonds is 5. The van der Waals surface area contributed by atoms with Gasteiger partial charge in [0.1, 0.15) is 18.4 Å². The second-order valence-corrected chi connectivity index (χ2v) is 3.51. The lowest BCUT2D eigenvalue weighted by atomic mass is 10.2. The number of benzene rings is 1. The summed E-state index contributed by atoms with van der Waals surface area (Å²) in [6.45, 7) is 1.99. The molecule has 0 unspecified atom stereocenters. The van der Waals surface area contributed by atoms with Crippen molar-refractivity contribution in [2.75, 3.05) is 0 Å². The van der Waals surface area contributed by atoms with Crippen LogP contribution in [-0.2, 0) is 9.53 Å². The fourth-order valence-electron chi connectivity index (χ4n) is 1.30. The Morgan fingerprint density at radius 2 is 2.00 bits per heavy atom. The highest BCUT2D eigenvalue weighted by molar-refractivity contribution is 5.93. The second-order valence-electron chi connectivity index (χ2n) is 3.51. The zero-order valence-corrected chi connectivity index (χ0v) is 9.77. The van der Waals surface area contributed by atoms with Crippen molar-refractivity contribution in [3.05, 3.63) is 36.9 Å². The molecule has 0 spiro atoms. The number of para-hydroxylation sites is 1. The molecular weight excluding hydrogens is 220 g/mol. The molecular formula is C13H15O4. The number of ether oxygens (including phenoxy) is 2. The van der Waals surface area contributed by atoms with E-state index in [0.29, 0.717) is 6.42 Å². The van der Waals surface area contributed by atoms with Crippen molar-refractivity contribution in [2.45, 2.75) is 26.2 Å². The molecule has 0 saturated carbocycles. The molecule has 4 nitrogen and oxygen atoms in total. The first-order valence-electron chi connectivity index (χ1n) is 5.45. The summed E-state index contributed by atoms with van der Waals surface area (Å²) >= 11 is 0. The summed E-state index contributed by atoms with van der Waals surface area (Å²) in [7, 11) is 3.04. The van der Waals surface area contributed by atoms with Gasteiger partial charge < -0.3 is 9.47 Å². The van der Waals surface area contributed by atoms with Gasteiger partial charge in [-0.3, -0.25) is 4.79 Å². The van der Waals surface area contributed by atoms with Crippen molar-refractivity contribution in [3.63, 3.8) is 0 Å². The van der Waals surface area contributed by atoms with Crippen LogP contribution in [0.25, 0.3) is 0 Å². The Bertz CT molecular complexity index is 398. The zero-order valence-electron chi connectivity index (χ0n) is 9.77. The van der Waals surface area contributed by atoms with E-state index < -0.39 is 5.97 Å². The number of hydrogen-bond donors (Lipinski definition) is 0. The lowest BCUT2D eigenvalue weighted by Gasteiger charge is -2.07. The Morgan fingerprint density at radius 3 is 2.65 bits per heavy atom. The van der Waals surface area contributed by atoms with Gasteiger partial charge in [0.25, 0.3) is 0 Å². The first-order chi connectivity index (χ1) is 8.19. The molecule has 0 N–H and O–H groups in total. The molecule has 0 aliphatic heterocycles. The monoisotopic (exact) mass is 235 g/mol. The van der Waals surface area contributed by atoms with Crippen LogP contribution in [0, 0.1) is 7.11 Å². The van der Waals surface area contributed by atoms with Crippen LogP contribution in [-0.4, -0.2) is 11.9 Å². The predicted octanol–water partition coefficient (Wildman–Crippen LogP) is 2.73. The maximum Gasteiger partial charge on any atom is 0.342 e. The molecule has 1 radical (unpaired) electrons.